The van der Waals surface area contributed by atoms with E-state index in [4.69, 9.17) is 17.3 Å². The van der Waals surface area contributed by atoms with Gasteiger partial charge in [0.25, 0.3) is 0 Å². The van der Waals surface area contributed by atoms with E-state index < -0.39 is 0 Å². The lowest BCUT2D eigenvalue weighted by molar-refractivity contribution is 0.628. The zero-order chi connectivity index (χ0) is 11.5. The molecule has 0 aliphatic carbocycles. The first-order valence-electron chi connectivity index (χ1n) is 4.73. The van der Waals surface area contributed by atoms with E-state index in [1.807, 2.05) is 12.1 Å². The highest BCUT2D eigenvalue weighted by molar-refractivity contribution is 6.33. The molecule has 2 nitrogen and oxygen atoms in total. The summed E-state index contributed by atoms with van der Waals surface area (Å²) in [5.41, 5.74) is 7.55. The summed E-state index contributed by atoms with van der Waals surface area (Å²) in [5, 5.41) is 3.43. The number of rotatable bonds is 2. The van der Waals surface area contributed by atoms with E-state index in [2.05, 4.69) is 5.32 Å². The molecule has 0 saturated carbocycles. The number of halogens is 2. The Morgan fingerprint density at radius 3 is 2.56 bits per heavy atom. The van der Waals surface area contributed by atoms with Crippen molar-refractivity contribution in [1.29, 1.82) is 0 Å². The van der Waals surface area contributed by atoms with Gasteiger partial charge in [-0.2, -0.15) is 0 Å². The monoisotopic (exact) mass is 236 g/mol. The van der Waals surface area contributed by atoms with E-state index in [-0.39, 0.29) is 5.82 Å². The van der Waals surface area contributed by atoms with Crippen molar-refractivity contribution in [2.45, 2.75) is 0 Å². The number of para-hydroxylation sites is 2. The standard InChI is InChI=1S/C12H10ClFN2/c13-9-6-5-8(14)7-12(9)16-11-4-2-1-3-10(11)15/h1-7,16H,15H2. The molecular formula is C12H10ClFN2. The molecule has 0 atom stereocenters. The number of nitrogen functional groups attached to an aromatic ring is 1. The molecule has 2 rings (SSSR count). The van der Waals surface area contributed by atoms with E-state index in [0.29, 0.717) is 22.1 Å². The summed E-state index contributed by atoms with van der Waals surface area (Å²) < 4.78 is 13.0. The topological polar surface area (TPSA) is 38.0 Å². The van der Waals surface area contributed by atoms with Crippen molar-refractivity contribution >= 4 is 28.7 Å². The molecule has 0 aliphatic heterocycles. The van der Waals surface area contributed by atoms with Crippen molar-refractivity contribution in [2.75, 3.05) is 11.1 Å². The number of nitrogens with two attached hydrogens (primary N) is 1. The highest BCUT2D eigenvalue weighted by Crippen LogP contribution is 2.28. The summed E-state index contributed by atoms with van der Waals surface area (Å²) >= 11 is 5.93. The summed E-state index contributed by atoms with van der Waals surface area (Å²) in [7, 11) is 0. The van der Waals surface area contributed by atoms with Gasteiger partial charge >= 0.3 is 0 Å². The molecule has 0 aliphatic rings. The second kappa shape index (κ2) is 4.41. The number of hydrogen-bond acceptors (Lipinski definition) is 2. The molecule has 0 radical (unpaired) electrons. The molecule has 3 N–H and O–H groups in total. The average Bonchev–Trinajstić information content (AvgIpc) is 2.27. The van der Waals surface area contributed by atoms with Gasteiger partial charge in [-0.25, -0.2) is 4.39 Å². The van der Waals surface area contributed by atoms with E-state index in [1.165, 1.54) is 18.2 Å². The zero-order valence-electron chi connectivity index (χ0n) is 8.37. The number of benzene rings is 2. The fourth-order valence-corrected chi connectivity index (χ4v) is 1.51. The lowest BCUT2D eigenvalue weighted by atomic mass is 10.2. The predicted molar refractivity (Wildman–Crippen MR) is 65.5 cm³/mol. The Bertz CT molecular complexity index is 514. The molecule has 0 amide bonds. The molecule has 0 fully saturated rings. The van der Waals surface area contributed by atoms with E-state index in [0.717, 1.165) is 0 Å². The Morgan fingerprint density at radius 2 is 1.81 bits per heavy atom. The quantitative estimate of drug-likeness (QED) is 0.779. The molecule has 0 heterocycles. The molecule has 0 spiro atoms. The smallest absolute Gasteiger partial charge is 0.125 e. The SMILES string of the molecule is Nc1ccccc1Nc1cc(F)ccc1Cl. The molecule has 0 unspecified atom stereocenters. The molecule has 4 heteroatoms. The zero-order valence-corrected chi connectivity index (χ0v) is 9.13. The summed E-state index contributed by atoms with van der Waals surface area (Å²) in [6.07, 6.45) is 0. The third-order valence-corrected chi connectivity index (χ3v) is 2.49. The van der Waals surface area contributed by atoms with Crippen molar-refractivity contribution in [3.8, 4) is 0 Å². The van der Waals surface area contributed by atoms with Gasteiger partial charge in [0.2, 0.25) is 0 Å². The number of nitrogens with one attached hydrogen (secondary N) is 1. The average molecular weight is 237 g/mol. The minimum atomic E-state index is -0.346. The van der Waals surface area contributed by atoms with Crippen LogP contribution in [0.25, 0.3) is 0 Å². The minimum Gasteiger partial charge on any atom is -0.397 e. The molecule has 16 heavy (non-hydrogen) atoms. The van der Waals surface area contributed by atoms with Gasteiger partial charge in [0.05, 0.1) is 22.1 Å². The lowest BCUT2D eigenvalue weighted by Crippen LogP contribution is -1.96. The van der Waals surface area contributed by atoms with Gasteiger partial charge in [-0.1, -0.05) is 23.7 Å². The van der Waals surface area contributed by atoms with Crippen molar-refractivity contribution in [2.24, 2.45) is 0 Å². The second-order valence-electron chi connectivity index (χ2n) is 3.34. The normalized spacial score (nSPS) is 10.1. The Morgan fingerprint density at radius 1 is 1.06 bits per heavy atom. The van der Waals surface area contributed by atoms with Crippen LogP contribution in [0.5, 0.6) is 0 Å². The largest absolute Gasteiger partial charge is 0.397 e. The summed E-state index contributed by atoms with van der Waals surface area (Å²) in [4.78, 5) is 0. The van der Waals surface area contributed by atoms with Gasteiger partial charge < -0.3 is 11.1 Å². The van der Waals surface area contributed by atoms with Crippen LogP contribution in [0, 0.1) is 5.82 Å². The van der Waals surface area contributed by atoms with Gasteiger partial charge in [0.15, 0.2) is 0 Å². The van der Waals surface area contributed by atoms with Gasteiger partial charge in [-0.05, 0) is 30.3 Å². The second-order valence-corrected chi connectivity index (χ2v) is 3.74. The summed E-state index contributed by atoms with van der Waals surface area (Å²) in [5.74, 6) is -0.346. The van der Waals surface area contributed by atoms with Gasteiger partial charge in [-0.15, -0.1) is 0 Å². The lowest BCUT2D eigenvalue weighted by Gasteiger charge is -2.10. The van der Waals surface area contributed by atoms with Crippen LogP contribution in [0.3, 0.4) is 0 Å². The highest BCUT2D eigenvalue weighted by atomic mass is 35.5. The van der Waals surface area contributed by atoms with Gasteiger partial charge in [0, 0.05) is 0 Å². The van der Waals surface area contributed by atoms with E-state index >= 15 is 0 Å². The fraction of sp³-hybridized carbons (Fsp3) is 0. The minimum absolute atomic E-state index is 0.346. The number of anilines is 3. The van der Waals surface area contributed by atoms with Crippen molar-refractivity contribution in [3.05, 3.63) is 53.3 Å². The van der Waals surface area contributed by atoms with Crippen molar-refractivity contribution in [3.63, 3.8) is 0 Å². The Kier molecular flexibility index (Phi) is 2.97. The maximum Gasteiger partial charge on any atom is 0.125 e. The fourth-order valence-electron chi connectivity index (χ4n) is 1.35. The highest BCUT2D eigenvalue weighted by Gasteiger charge is 2.04. The van der Waals surface area contributed by atoms with Gasteiger partial charge in [-0.3, -0.25) is 0 Å². The van der Waals surface area contributed by atoms with E-state index in [9.17, 15) is 4.39 Å². The summed E-state index contributed by atoms with van der Waals surface area (Å²) in [6, 6.07) is 11.4. The van der Waals surface area contributed by atoms with Crippen LogP contribution in [0.15, 0.2) is 42.5 Å². The molecule has 0 aromatic heterocycles. The van der Waals surface area contributed by atoms with Crippen LogP contribution in [0.2, 0.25) is 5.02 Å². The van der Waals surface area contributed by atoms with Crippen LogP contribution in [-0.4, -0.2) is 0 Å². The molecule has 2 aromatic carbocycles. The van der Waals surface area contributed by atoms with Crippen LogP contribution in [-0.2, 0) is 0 Å². The first kappa shape index (κ1) is 10.8. The van der Waals surface area contributed by atoms with Crippen LogP contribution in [0.4, 0.5) is 21.5 Å². The third kappa shape index (κ3) is 2.25. The molecule has 2 aromatic rings. The Labute approximate surface area is 97.8 Å². The first-order valence-corrected chi connectivity index (χ1v) is 5.11. The van der Waals surface area contributed by atoms with Gasteiger partial charge in [0.1, 0.15) is 5.82 Å². The van der Waals surface area contributed by atoms with Crippen LogP contribution < -0.4 is 11.1 Å². The maximum absolute atomic E-state index is 13.0. The van der Waals surface area contributed by atoms with Crippen molar-refractivity contribution < 1.29 is 4.39 Å². The third-order valence-electron chi connectivity index (χ3n) is 2.16. The first-order chi connectivity index (χ1) is 7.66. The molecule has 82 valence electrons. The summed E-state index contributed by atoms with van der Waals surface area (Å²) in [6.45, 7) is 0. The molecular weight excluding hydrogens is 227 g/mol. The van der Waals surface area contributed by atoms with Crippen molar-refractivity contribution in [1.82, 2.24) is 0 Å². The van der Waals surface area contributed by atoms with Crippen LogP contribution in [0.1, 0.15) is 0 Å². The number of hydrogen-bond donors (Lipinski definition) is 2. The van der Waals surface area contributed by atoms with E-state index in [1.54, 1.807) is 12.1 Å². The predicted octanol–water partition coefficient (Wildman–Crippen LogP) is 3.80. The molecule has 0 saturated heterocycles. The maximum atomic E-state index is 13.0. The Hall–Kier alpha value is -1.74. The Balaban J connectivity index is 2.34. The van der Waals surface area contributed by atoms with Crippen LogP contribution >= 0.6 is 11.6 Å². The molecule has 0 bridgehead atoms.